The molecule has 0 bridgehead atoms. The smallest absolute Gasteiger partial charge is 0.342 e. The van der Waals surface area contributed by atoms with E-state index in [9.17, 15) is 9.59 Å². The summed E-state index contributed by atoms with van der Waals surface area (Å²) < 4.78 is 31.8. The topological polar surface area (TPSA) is 93.4 Å². The molecule has 8 nitrogen and oxygen atoms in total. The van der Waals surface area contributed by atoms with E-state index >= 15 is 0 Å². The molecule has 0 atom stereocenters. The molecule has 8 heteroatoms. The first kappa shape index (κ1) is 21.8. The molecule has 0 aliphatic heterocycles. The SMILES string of the molecule is COC(=O)/C=C/c1cc(OC)c2oc(-c3ccc(OC)c(OC)c3)c(C(=O)OC)c2c1. The molecule has 0 radical (unpaired) electrons. The van der Waals surface area contributed by atoms with Crippen LogP contribution in [0.15, 0.2) is 40.8 Å². The quantitative estimate of drug-likeness (QED) is 0.412. The van der Waals surface area contributed by atoms with Crippen molar-refractivity contribution in [1.29, 1.82) is 0 Å². The van der Waals surface area contributed by atoms with Crippen molar-refractivity contribution in [2.75, 3.05) is 35.5 Å². The van der Waals surface area contributed by atoms with E-state index in [4.69, 9.17) is 23.4 Å². The molecular formula is C23H22O8. The normalized spacial score (nSPS) is 10.9. The predicted octanol–water partition coefficient (Wildman–Crippen LogP) is 4.10. The fourth-order valence-electron chi connectivity index (χ4n) is 3.16. The number of fused-ring (bicyclic) bond motifs is 1. The number of benzene rings is 2. The van der Waals surface area contributed by atoms with Gasteiger partial charge in [0.05, 0.1) is 35.5 Å². The van der Waals surface area contributed by atoms with Gasteiger partial charge in [0, 0.05) is 17.0 Å². The van der Waals surface area contributed by atoms with Crippen molar-refractivity contribution in [3.63, 3.8) is 0 Å². The van der Waals surface area contributed by atoms with Gasteiger partial charge < -0.3 is 28.1 Å². The third-order valence-electron chi connectivity index (χ3n) is 4.65. The maximum absolute atomic E-state index is 12.7. The lowest BCUT2D eigenvalue weighted by atomic mass is 10.0. The fraction of sp³-hybridized carbons (Fsp3) is 0.217. The third kappa shape index (κ3) is 4.18. The summed E-state index contributed by atoms with van der Waals surface area (Å²) in [5.74, 6) is 0.596. The van der Waals surface area contributed by atoms with E-state index in [1.807, 2.05) is 0 Å². The van der Waals surface area contributed by atoms with Crippen LogP contribution < -0.4 is 14.2 Å². The molecule has 2 aromatic carbocycles. The molecule has 162 valence electrons. The van der Waals surface area contributed by atoms with E-state index in [1.54, 1.807) is 36.4 Å². The highest BCUT2D eigenvalue weighted by Crippen LogP contribution is 2.41. The second kappa shape index (κ2) is 9.25. The Morgan fingerprint density at radius 1 is 0.839 bits per heavy atom. The molecule has 0 unspecified atom stereocenters. The highest BCUT2D eigenvalue weighted by molar-refractivity contribution is 6.10. The minimum absolute atomic E-state index is 0.219. The molecule has 3 rings (SSSR count). The number of furan rings is 1. The second-order valence-electron chi connectivity index (χ2n) is 6.32. The lowest BCUT2D eigenvalue weighted by molar-refractivity contribution is -0.134. The molecule has 0 aliphatic rings. The zero-order chi connectivity index (χ0) is 22.5. The van der Waals surface area contributed by atoms with Crippen molar-refractivity contribution in [2.24, 2.45) is 0 Å². The van der Waals surface area contributed by atoms with E-state index in [-0.39, 0.29) is 11.3 Å². The van der Waals surface area contributed by atoms with Gasteiger partial charge in [-0.05, 0) is 42.0 Å². The number of carbonyl (C=O) groups excluding carboxylic acids is 2. The van der Waals surface area contributed by atoms with Crippen molar-refractivity contribution in [1.82, 2.24) is 0 Å². The number of ether oxygens (including phenoxy) is 5. The maximum atomic E-state index is 12.7. The lowest BCUT2D eigenvalue weighted by Gasteiger charge is -2.09. The molecule has 1 aromatic heterocycles. The van der Waals surface area contributed by atoms with Crippen LogP contribution >= 0.6 is 0 Å². The number of esters is 2. The number of hydrogen-bond donors (Lipinski definition) is 0. The van der Waals surface area contributed by atoms with Crippen molar-refractivity contribution in [3.8, 4) is 28.6 Å². The first-order valence-corrected chi connectivity index (χ1v) is 9.18. The van der Waals surface area contributed by atoms with Gasteiger partial charge in [0.2, 0.25) is 0 Å². The van der Waals surface area contributed by atoms with Crippen LogP contribution in [0.25, 0.3) is 28.4 Å². The summed E-state index contributed by atoms with van der Waals surface area (Å²) >= 11 is 0. The Morgan fingerprint density at radius 3 is 2.16 bits per heavy atom. The molecule has 0 fully saturated rings. The minimum Gasteiger partial charge on any atom is -0.493 e. The largest absolute Gasteiger partial charge is 0.493 e. The van der Waals surface area contributed by atoms with Crippen LogP contribution in [0.2, 0.25) is 0 Å². The van der Waals surface area contributed by atoms with Crippen LogP contribution in [-0.4, -0.2) is 47.5 Å². The maximum Gasteiger partial charge on any atom is 0.342 e. The molecule has 0 saturated heterocycles. The van der Waals surface area contributed by atoms with Crippen molar-refractivity contribution in [2.45, 2.75) is 0 Å². The summed E-state index contributed by atoms with van der Waals surface area (Å²) in [7, 11) is 7.12. The molecule has 1 heterocycles. The van der Waals surface area contributed by atoms with Gasteiger partial charge in [-0.25, -0.2) is 9.59 Å². The summed E-state index contributed by atoms with van der Waals surface area (Å²) in [4.78, 5) is 24.2. The van der Waals surface area contributed by atoms with Gasteiger partial charge in [-0.1, -0.05) is 0 Å². The Kier molecular flexibility index (Phi) is 6.49. The monoisotopic (exact) mass is 426 g/mol. The number of hydrogen-bond acceptors (Lipinski definition) is 8. The molecule has 3 aromatic rings. The number of carbonyl (C=O) groups is 2. The Morgan fingerprint density at radius 2 is 1.55 bits per heavy atom. The first-order chi connectivity index (χ1) is 15.0. The molecule has 0 amide bonds. The summed E-state index contributed by atoms with van der Waals surface area (Å²) in [5, 5.41) is 0.473. The standard InChI is InChI=1S/C23H22O8/c1-26-16-8-7-14(12-17(16)27-2)21-20(23(25)30-5)15-10-13(6-9-19(24)29-4)11-18(28-3)22(15)31-21/h6-12H,1-5H3/b9-6+. The van der Waals surface area contributed by atoms with Gasteiger partial charge in [0.25, 0.3) is 0 Å². The van der Waals surface area contributed by atoms with Crippen LogP contribution in [0.4, 0.5) is 0 Å². The third-order valence-corrected chi connectivity index (χ3v) is 4.65. The molecule has 0 spiro atoms. The predicted molar refractivity (Wildman–Crippen MR) is 114 cm³/mol. The van der Waals surface area contributed by atoms with E-state index in [0.717, 1.165) is 0 Å². The minimum atomic E-state index is -0.584. The Balaban J connectivity index is 2.29. The summed E-state index contributed by atoms with van der Waals surface area (Å²) in [6, 6.07) is 8.55. The van der Waals surface area contributed by atoms with Gasteiger partial charge in [-0.15, -0.1) is 0 Å². The van der Waals surface area contributed by atoms with E-state index < -0.39 is 11.9 Å². The lowest BCUT2D eigenvalue weighted by Crippen LogP contribution is -2.02. The van der Waals surface area contributed by atoms with Gasteiger partial charge in [-0.3, -0.25) is 0 Å². The molecule has 0 saturated carbocycles. The van der Waals surface area contributed by atoms with Crippen molar-refractivity contribution < 1.29 is 37.7 Å². The summed E-state index contributed by atoms with van der Waals surface area (Å²) in [6.07, 6.45) is 2.83. The van der Waals surface area contributed by atoms with E-state index in [2.05, 4.69) is 4.74 Å². The van der Waals surface area contributed by atoms with Crippen LogP contribution in [-0.2, 0) is 14.3 Å². The van der Waals surface area contributed by atoms with Crippen molar-refractivity contribution >= 4 is 29.0 Å². The van der Waals surface area contributed by atoms with Gasteiger partial charge in [0.15, 0.2) is 22.8 Å². The molecule has 31 heavy (non-hydrogen) atoms. The molecule has 0 N–H and O–H groups in total. The Bertz CT molecular complexity index is 1160. The van der Waals surface area contributed by atoms with Crippen LogP contribution in [0.5, 0.6) is 17.2 Å². The average molecular weight is 426 g/mol. The van der Waals surface area contributed by atoms with Crippen LogP contribution in [0.1, 0.15) is 15.9 Å². The molecule has 0 aliphatic carbocycles. The van der Waals surface area contributed by atoms with Crippen LogP contribution in [0.3, 0.4) is 0 Å². The Hall–Kier alpha value is -3.94. The Labute approximate surface area is 178 Å². The average Bonchev–Trinajstić information content (AvgIpc) is 3.20. The summed E-state index contributed by atoms with van der Waals surface area (Å²) in [6.45, 7) is 0. The van der Waals surface area contributed by atoms with E-state index in [1.165, 1.54) is 41.6 Å². The first-order valence-electron chi connectivity index (χ1n) is 9.18. The zero-order valence-corrected chi connectivity index (χ0v) is 17.8. The second-order valence-corrected chi connectivity index (χ2v) is 6.32. The number of rotatable bonds is 7. The van der Waals surface area contributed by atoms with E-state index in [0.29, 0.717) is 39.3 Å². The van der Waals surface area contributed by atoms with Gasteiger partial charge in [-0.2, -0.15) is 0 Å². The highest BCUT2D eigenvalue weighted by atomic mass is 16.5. The highest BCUT2D eigenvalue weighted by Gasteiger charge is 2.26. The summed E-state index contributed by atoms with van der Waals surface area (Å²) in [5.41, 5.74) is 1.78. The zero-order valence-electron chi connectivity index (χ0n) is 17.8. The van der Waals surface area contributed by atoms with Crippen molar-refractivity contribution in [3.05, 3.63) is 47.5 Å². The van der Waals surface area contributed by atoms with Gasteiger partial charge in [0.1, 0.15) is 11.3 Å². The fourth-order valence-corrected chi connectivity index (χ4v) is 3.16. The van der Waals surface area contributed by atoms with Crippen LogP contribution in [0, 0.1) is 0 Å². The number of methoxy groups -OCH3 is 5. The molecular weight excluding hydrogens is 404 g/mol. The van der Waals surface area contributed by atoms with Gasteiger partial charge >= 0.3 is 11.9 Å².